The third-order valence-corrected chi connectivity index (χ3v) is 9.57. The highest BCUT2D eigenvalue weighted by atomic mass is 16.3. The summed E-state index contributed by atoms with van der Waals surface area (Å²) >= 11 is 0. The van der Waals surface area contributed by atoms with E-state index in [9.17, 15) is 60.0 Å². The Morgan fingerprint density at radius 3 is 1.79 bits per heavy atom. The van der Waals surface area contributed by atoms with Crippen LogP contribution in [0.5, 0.6) is 11.5 Å². The summed E-state index contributed by atoms with van der Waals surface area (Å²) in [6.45, 7) is 7.26. The van der Waals surface area contributed by atoms with Gasteiger partial charge in [0.1, 0.15) is 11.5 Å². The number of amides is 1. The summed E-state index contributed by atoms with van der Waals surface area (Å²) in [5.41, 5.74) is -3.16. The van der Waals surface area contributed by atoms with Crippen molar-refractivity contribution in [2.24, 2.45) is 29.6 Å². The molecule has 13 nitrogen and oxygen atoms in total. The van der Waals surface area contributed by atoms with E-state index < -0.39 is 124 Å². The van der Waals surface area contributed by atoms with Crippen molar-refractivity contribution in [3.05, 3.63) is 69.5 Å². The summed E-state index contributed by atoms with van der Waals surface area (Å²) in [5, 5.41) is 88.4. The lowest BCUT2D eigenvalue weighted by molar-refractivity contribution is -0.117. The smallest absolute Gasteiger partial charge is 0.254 e. The Morgan fingerprint density at radius 2 is 1.25 bits per heavy atom. The van der Waals surface area contributed by atoms with Crippen LogP contribution in [0, 0.1) is 36.5 Å². The van der Waals surface area contributed by atoms with Crippen molar-refractivity contribution in [1.82, 2.24) is 5.32 Å². The second kappa shape index (κ2) is 15.5. The van der Waals surface area contributed by atoms with Gasteiger partial charge in [0, 0.05) is 46.8 Å². The molecule has 0 unspecified atom stereocenters. The number of ketones is 3. The number of aliphatic hydroxyl groups is 6. The number of nitrogens with one attached hydrogen (secondary N) is 1. The van der Waals surface area contributed by atoms with Crippen LogP contribution >= 0.6 is 0 Å². The van der Waals surface area contributed by atoms with Gasteiger partial charge in [0.25, 0.3) is 5.91 Å². The summed E-state index contributed by atoms with van der Waals surface area (Å²) in [4.78, 5) is 53.8. The number of carbonyl (C=O) groups excluding carboxylic acids is 4. The minimum Gasteiger partial charge on any atom is -0.507 e. The molecule has 0 aromatic heterocycles. The molecule has 1 aliphatic carbocycles. The number of hydrogen-bond donors (Lipinski definition) is 9. The molecule has 0 spiro atoms. The Labute approximate surface area is 278 Å². The Hall–Kier alpha value is -3.98. The van der Waals surface area contributed by atoms with Crippen molar-refractivity contribution >= 4 is 23.3 Å². The molecule has 0 radical (unpaired) electrons. The van der Waals surface area contributed by atoms with Gasteiger partial charge in [-0.2, -0.15) is 0 Å². The average Bonchev–Trinajstić information content (AvgIpc) is 3.06. The molecule has 0 fully saturated rings. The van der Waals surface area contributed by atoms with Crippen LogP contribution in [0.3, 0.4) is 0 Å². The van der Waals surface area contributed by atoms with Crippen LogP contribution in [0.1, 0.15) is 71.3 Å². The number of phenols is 2. The lowest BCUT2D eigenvalue weighted by atomic mass is 9.76. The molecule has 48 heavy (non-hydrogen) atoms. The molecule has 0 saturated carbocycles. The van der Waals surface area contributed by atoms with Crippen molar-refractivity contribution in [2.45, 2.75) is 66.0 Å². The highest BCUT2D eigenvalue weighted by Gasteiger charge is 2.40. The van der Waals surface area contributed by atoms with Crippen molar-refractivity contribution < 1.29 is 60.0 Å². The molecule has 1 aromatic rings. The first-order valence-corrected chi connectivity index (χ1v) is 15.7. The minimum absolute atomic E-state index is 0.164. The molecule has 13 heteroatoms. The van der Waals surface area contributed by atoms with Crippen molar-refractivity contribution in [1.29, 1.82) is 0 Å². The molecule has 9 N–H and O–H groups in total. The number of fused-ring (bicyclic) bond motifs is 15. The maximum absolute atomic E-state index is 13.8. The highest BCUT2D eigenvalue weighted by molar-refractivity contribution is 6.31. The average molecular weight is 672 g/mol. The van der Waals surface area contributed by atoms with Crippen LogP contribution < -0.4 is 5.32 Å². The number of benzene rings is 1. The van der Waals surface area contributed by atoms with E-state index in [4.69, 9.17) is 0 Å². The quantitative estimate of drug-likeness (QED) is 0.214. The van der Waals surface area contributed by atoms with Gasteiger partial charge in [0.15, 0.2) is 11.6 Å². The summed E-state index contributed by atoms with van der Waals surface area (Å²) in [7, 11) is 0. The van der Waals surface area contributed by atoms with Gasteiger partial charge in [-0.15, -0.1) is 0 Å². The number of hydrogen-bond acceptors (Lipinski definition) is 12. The van der Waals surface area contributed by atoms with Crippen LogP contribution in [-0.4, -0.2) is 102 Å². The fraction of sp³-hybridized carbons (Fsp3) is 0.486. The van der Waals surface area contributed by atoms with Crippen LogP contribution in [0.2, 0.25) is 0 Å². The molecule has 9 atom stereocenters. The first-order chi connectivity index (χ1) is 22.4. The van der Waals surface area contributed by atoms with Crippen LogP contribution in [0.15, 0.2) is 47.2 Å². The normalized spacial score (nSPS) is 31.2. The van der Waals surface area contributed by atoms with Crippen LogP contribution in [-0.2, 0) is 4.79 Å². The molecular weight excluding hydrogens is 626 g/mol. The standard InChI is InChI=1S/C35H45NO12/c1-14-8-7-9-20(12-37)35(48)36-22-11-23(39)24-25(32(45)19(6)33(46)26(24)34(22)47)28(41)15(2)10-21(13-38)31(44)18(5)30(43)17(4)29(42)16(3)27(14)40/h7-11,14,16-18,21,27,29-31,37-38,40,42-46H,12-13H2,1-6H3,(H,36,48)/t14-,16+,17-,18+,21-,27-,29-,30-,31+/m0/s1. The minimum atomic E-state index is -1.46. The zero-order chi connectivity index (χ0) is 36.4. The summed E-state index contributed by atoms with van der Waals surface area (Å²) < 4.78 is 0. The maximum atomic E-state index is 13.8. The summed E-state index contributed by atoms with van der Waals surface area (Å²) in [5.74, 6) is -9.96. The predicted octanol–water partition coefficient (Wildman–Crippen LogP) is 0.999. The number of allylic oxidation sites excluding steroid dienone is 5. The molecule has 262 valence electrons. The van der Waals surface area contributed by atoms with Gasteiger partial charge in [-0.25, -0.2) is 0 Å². The zero-order valence-corrected chi connectivity index (χ0v) is 27.7. The van der Waals surface area contributed by atoms with E-state index >= 15 is 0 Å². The molecule has 2 heterocycles. The second-order valence-corrected chi connectivity index (χ2v) is 12.8. The zero-order valence-electron chi connectivity index (χ0n) is 27.7. The van der Waals surface area contributed by atoms with Gasteiger partial charge in [0.2, 0.25) is 5.78 Å². The molecule has 4 rings (SSSR count). The fourth-order valence-corrected chi connectivity index (χ4v) is 6.18. The number of aromatic hydroxyl groups is 2. The maximum Gasteiger partial charge on any atom is 0.254 e. The molecular formula is C35H45NO12. The van der Waals surface area contributed by atoms with E-state index in [0.29, 0.717) is 0 Å². The van der Waals surface area contributed by atoms with Gasteiger partial charge >= 0.3 is 0 Å². The van der Waals surface area contributed by atoms with Crippen molar-refractivity contribution in [3.63, 3.8) is 0 Å². The number of aliphatic hydroxyl groups excluding tert-OH is 6. The first kappa shape index (κ1) is 38.5. The van der Waals surface area contributed by atoms with E-state index in [-0.39, 0.29) is 16.7 Å². The number of Topliss-reactive ketones (excluding diaryl/α,β-unsaturated/α-hetero) is 2. The van der Waals surface area contributed by atoms with Crippen LogP contribution in [0.25, 0.3) is 0 Å². The Kier molecular flexibility index (Phi) is 12.4. The number of phenolic OH excluding ortho intramolecular Hbond substituents is 2. The van der Waals surface area contributed by atoms with E-state index in [1.807, 2.05) is 0 Å². The first-order valence-electron chi connectivity index (χ1n) is 15.7. The lowest BCUT2D eigenvalue weighted by Gasteiger charge is -2.37. The third kappa shape index (κ3) is 7.36. The predicted molar refractivity (Wildman–Crippen MR) is 173 cm³/mol. The Morgan fingerprint density at radius 1 is 0.729 bits per heavy atom. The van der Waals surface area contributed by atoms with Gasteiger partial charge in [0.05, 0.1) is 60.0 Å². The second-order valence-electron chi connectivity index (χ2n) is 12.8. The van der Waals surface area contributed by atoms with Crippen molar-refractivity contribution in [2.75, 3.05) is 13.2 Å². The van der Waals surface area contributed by atoms with E-state index in [1.165, 1.54) is 52.0 Å². The number of rotatable bonds is 2. The van der Waals surface area contributed by atoms with Gasteiger partial charge in [-0.3, -0.25) is 19.2 Å². The largest absolute Gasteiger partial charge is 0.507 e. The van der Waals surface area contributed by atoms with Gasteiger partial charge < -0.3 is 46.2 Å². The molecule has 1 aromatic carbocycles. The van der Waals surface area contributed by atoms with E-state index in [1.54, 1.807) is 13.8 Å². The van der Waals surface area contributed by atoms with Gasteiger partial charge in [-0.1, -0.05) is 52.0 Å². The van der Waals surface area contributed by atoms with E-state index in [0.717, 1.165) is 6.08 Å². The third-order valence-electron chi connectivity index (χ3n) is 9.57. The summed E-state index contributed by atoms with van der Waals surface area (Å²) in [6, 6.07) is 0. The summed E-state index contributed by atoms with van der Waals surface area (Å²) in [6.07, 6.45) is 0.837. The van der Waals surface area contributed by atoms with Gasteiger partial charge in [-0.05, 0) is 19.4 Å². The monoisotopic (exact) mass is 671 g/mol. The topological polar surface area (TPSA) is 242 Å². The molecule has 0 saturated heterocycles. The number of carbonyl (C=O) groups is 4. The van der Waals surface area contributed by atoms with Crippen LogP contribution in [0.4, 0.5) is 0 Å². The van der Waals surface area contributed by atoms with E-state index in [2.05, 4.69) is 5.32 Å². The molecule has 3 aliphatic rings. The Bertz CT molecular complexity index is 1590. The Balaban J connectivity index is 2.24. The SMILES string of the molecule is CC1=C[C@@H](CO)[C@H](O)[C@H](C)[C@@H](O)[C@@H](C)[C@@H](O)[C@H](C)[C@@H](O)[C@@H](C)C=CC=C(CO)C(=O)NC2=CC(=O)c3c(c(O)c(C)c(O)c3C2=O)C1=O. The molecule has 2 aliphatic heterocycles. The molecule has 4 bridgehead atoms. The lowest BCUT2D eigenvalue weighted by Crippen LogP contribution is -2.46. The fourth-order valence-electron chi connectivity index (χ4n) is 6.18. The van der Waals surface area contributed by atoms with Crippen molar-refractivity contribution in [3.8, 4) is 11.5 Å². The molecule has 1 amide bonds. The highest BCUT2D eigenvalue weighted by Crippen LogP contribution is 2.41.